The average Bonchev–Trinajstić information content (AvgIpc) is 2.65. The third-order valence-electron chi connectivity index (χ3n) is 4.15. The van der Waals surface area contributed by atoms with Gasteiger partial charge in [0.15, 0.2) is 0 Å². The highest BCUT2D eigenvalue weighted by molar-refractivity contribution is 7.99. The molecule has 2 aliphatic rings. The largest absolute Gasteiger partial charge is 0.392 e. The van der Waals surface area contributed by atoms with E-state index in [4.69, 9.17) is 0 Å². The fraction of sp³-hybridized carbons (Fsp3) is 1.00. The Kier molecular flexibility index (Phi) is 4.98. The van der Waals surface area contributed by atoms with Crippen molar-refractivity contribution in [1.29, 1.82) is 0 Å². The number of rotatable bonds is 3. The fourth-order valence-corrected chi connectivity index (χ4v) is 3.89. The molecular formula is C13H25NOS. The molecule has 94 valence electrons. The minimum absolute atomic E-state index is 0.101. The van der Waals surface area contributed by atoms with Crippen molar-refractivity contribution in [3.63, 3.8) is 0 Å². The first-order chi connectivity index (χ1) is 7.79. The molecule has 4 unspecified atom stereocenters. The second-order valence-corrected chi connectivity index (χ2v) is 6.48. The van der Waals surface area contributed by atoms with Crippen LogP contribution in [-0.4, -0.2) is 34.8 Å². The highest BCUT2D eigenvalue weighted by Gasteiger charge is 2.28. The van der Waals surface area contributed by atoms with E-state index in [1.807, 2.05) is 11.8 Å². The van der Waals surface area contributed by atoms with Gasteiger partial charge in [0, 0.05) is 17.3 Å². The summed E-state index contributed by atoms with van der Waals surface area (Å²) in [5, 5.41) is 14.6. The Balaban J connectivity index is 1.79. The van der Waals surface area contributed by atoms with Crippen LogP contribution in [0, 0.1) is 0 Å². The van der Waals surface area contributed by atoms with Crippen LogP contribution >= 0.6 is 11.8 Å². The monoisotopic (exact) mass is 243 g/mol. The summed E-state index contributed by atoms with van der Waals surface area (Å²) in [5.41, 5.74) is 0. The molecule has 2 nitrogen and oxygen atoms in total. The van der Waals surface area contributed by atoms with Crippen LogP contribution in [-0.2, 0) is 0 Å². The molecule has 0 aromatic heterocycles. The van der Waals surface area contributed by atoms with Crippen LogP contribution in [0.15, 0.2) is 0 Å². The summed E-state index contributed by atoms with van der Waals surface area (Å²) in [6.45, 7) is 0. The summed E-state index contributed by atoms with van der Waals surface area (Å²) >= 11 is 2.00. The minimum atomic E-state index is -0.101. The van der Waals surface area contributed by atoms with Gasteiger partial charge in [-0.25, -0.2) is 0 Å². The zero-order valence-electron chi connectivity index (χ0n) is 10.3. The lowest BCUT2D eigenvalue weighted by Gasteiger charge is -2.25. The van der Waals surface area contributed by atoms with Gasteiger partial charge < -0.3 is 10.4 Å². The van der Waals surface area contributed by atoms with E-state index in [1.165, 1.54) is 44.9 Å². The Morgan fingerprint density at radius 2 is 1.88 bits per heavy atom. The van der Waals surface area contributed by atoms with Gasteiger partial charge in [0.2, 0.25) is 0 Å². The molecule has 0 bridgehead atoms. The van der Waals surface area contributed by atoms with Crippen molar-refractivity contribution in [3.05, 3.63) is 0 Å². The number of hydrogen-bond donors (Lipinski definition) is 2. The van der Waals surface area contributed by atoms with Gasteiger partial charge in [-0.1, -0.05) is 19.3 Å². The number of nitrogens with one attached hydrogen (secondary N) is 1. The molecule has 0 amide bonds. The second-order valence-electron chi connectivity index (χ2n) is 5.35. The topological polar surface area (TPSA) is 32.3 Å². The van der Waals surface area contributed by atoms with E-state index in [-0.39, 0.29) is 6.10 Å². The first-order valence-electron chi connectivity index (χ1n) is 6.76. The molecule has 0 aromatic carbocycles. The van der Waals surface area contributed by atoms with Crippen LogP contribution in [0.2, 0.25) is 0 Å². The zero-order chi connectivity index (χ0) is 11.4. The quantitative estimate of drug-likeness (QED) is 0.747. The number of aliphatic hydroxyl groups excluding tert-OH is 1. The second kappa shape index (κ2) is 6.27. The summed E-state index contributed by atoms with van der Waals surface area (Å²) in [7, 11) is 0. The van der Waals surface area contributed by atoms with E-state index in [2.05, 4.69) is 11.6 Å². The van der Waals surface area contributed by atoms with Gasteiger partial charge in [-0.3, -0.25) is 0 Å². The molecule has 4 atom stereocenters. The molecule has 0 heterocycles. The van der Waals surface area contributed by atoms with Crippen LogP contribution in [0.25, 0.3) is 0 Å². The van der Waals surface area contributed by atoms with Crippen LogP contribution in [0.1, 0.15) is 51.4 Å². The van der Waals surface area contributed by atoms with E-state index in [0.717, 1.165) is 11.7 Å². The Hall–Kier alpha value is 0.270. The molecule has 0 saturated heterocycles. The third kappa shape index (κ3) is 3.38. The summed E-state index contributed by atoms with van der Waals surface area (Å²) in [4.78, 5) is 0. The predicted octanol–water partition coefficient (Wildman–Crippen LogP) is 2.55. The maximum absolute atomic E-state index is 10.1. The molecule has 2 fully saturated rings. The van der Waals surface area contributed by atoms with Gasteiger partial charge in [-0.05, 0) is 38.4 Å². The van der Waals surface area contributed by atoms with Gasteiger partial charge in [-0.2, -0.15) is 11.8 Å². The summed E-state index contributed by atoms with van der Waals surface area (Å²) in [6.07, 6.45) is 12.0. The van der Waals surface area contributed by atoms with Gasteiger partial charge in [-0.15, -0.1) is 0 Å². The first kappa shape index (κ1) is 12.7. The maximum atomic E-state index is 10.1. The van der Waals surface area contributed by atoms with Gasteiger partial charge in [0.25, 0.3) is 0 Å². The summed E-state index contributed by atoms with van der Waals surface area (Å²) in [5.74, 6) is 0. The Bertz CT molecular complexity index is 212. The van der Waals surface area contributed by atoms with E-state index in [0.29, 0.717) is 12.1 Å². The van der Waals surface area contributed by atoms with Crippen molar-refractivity contribution in [2.24, 2.45) is 0 Å². The SMILES string of the molecule is CSC1CCC(NC2CCCCCC2O)C1. The third-order valence-corrected chi connectivity index (χ3v) is 5.24. The van der Waals surface area contributed by atoms with E-state index >= 15 is 0 Å². The molecule has 2 saturated carbocycles. The molecule has 16 heavy (non-hydrogen) atoms. The number of aliphatic hydroxyl groups is 1. The minimum Gasteiger partial charge on any atom is -0.392 e. The molecule has 3 heteroatoms. The number of hydrogen-bond acceptors (Lipinski definition) is 3. The van der Waals surface area contributed by atoms with E-state index in [1.54, 1.807) is 0 Å². The molecule has 2 rings (SSSR count). The molecule has 0 aromatic rings. The average molecular weight is 243 g/mol. The van der Waals surface area contributed by atoms with Crippen molar-refractivity contribution in [1.82, 2.24) is 5.32 Å². The Morgan fingerprint density at radius 1 is 1.06 bits per heavy atom. The normalized spacial score (nSPS) is 40.9. The molecule has 0 aliphatic heterocycles. The van der Waals surface area contributed by atoms with Crippen molar-refractivity contribution in [2.75, 3.05) is 6.26 Å². The highest BCUT2D eigenvalue weighted by Crippen LogP contribution is 2.29. The smallest absolute Gasteiger partial charge is 0.0693 e. The van der Waals surface area contributed by atoms with E-state index < -0.39 is 0 Å². The fourth-order valence-electron chi connectivity index (χ4n) is 3.09. The van der Waals surface area contributed by atoms with Crippen molar-refractivity contribution in [3.8, 4) is 0 Å². The lowest BCUT2D eigenvalue weighted by molar-refractivity contribution is 0.114. The zero-order valence-corrected chi connectivity index (χ0v) is 11.1. The summed E-state index contributed by atoms with van der Waals surface area (Å²) in [6, 6.07) is 1.03. The van der Waals surface area contributed by atoms with Crippen LogP contribution < -0.4 is 5.32 Å². The lowest BCUT2D eigenvalue weighted by atomic mass is 10.0. The van der Waals surface area contributed by atoms with Crippen molar-refractivity contribution < 1.29 is 5.11 Å². The summed E-state index contributed by atoms with van der Waals surface area (Å²) < 4.78 is 0. The molecular weight excluding hydrogens is 218 g/mol. The van der Waals surface area contributed by atoms with Crippen molar-refractivity contribution >= 4 is 11.8 Å². The van der Waals surface area contributed by atoms with Gasteiger partial charge >= 0.3 is 0 Å². The van der Waals surface area contributed by atoms with Crippen LogP contribution in [0.3, 0.4) is 0 Å². The molecule has 2 aliphatic carbocycles. The Labute approximate surface area is 104 Å². The van der Waals surface area contributed by atoms with Gasteiger partial charge in [0.05, 0.1) is 6.10 Å². The molecule has 2 N–H and O–H groups in total. The maximum Gasteiger partial charge on any atom is 0.0693 e. The number of thioether (sulfide) groups is 1. The van der Waals surface area contributed by atoms with Gasteiger partial charge in [0.1, 0.15) is 0 Å². The Morgan fingerprint density at radius 3 is 2.62 bits per heavy atom. The molecule has 0 radical (unpaired) electrons. The lowest BCUT2D eigenvalue weighted by Crippen LogP contribution is -2.44. The standard InChI is InChI=1S/C13H25NOS/c1-16-11-8-7-10(9-11)14-12-5-3-2-4-6-13(12)15/h10-15H,2-9H2,1H3. The van der Waals surface area contributed by atoms with Crippen LogP contribution in [0.4, 0.5) is 0 Å². The van der Waals surface area contributed by atoms with Crippen LogP contribution in [0.5, 0.6) is 0 Å². The van der Waals surface area contributed by atoms with E-state index in [9.17, 15) is 5.11 Å². The molecule has 0 spiro atoms. The highest BCUT2D eigenvalue weighted by atomic mass is 32.2. The van der Waals surface area contributed by atoms with Crippen molar-refractivity contribution in [2.45, 2.75) is 74.8 Å². The predicted molar refractivity (Wildman–Crippen MR) is 71.0 cm³/mol. The first-order valence-corrected chi connectivity index (χ1v) is 8.05.